The molecule has 6 heteroatoms. The van der Waals surface area contributed by atoms with Crippen LogP contribution in [0.4, 0.5) is 8.78 Å². The van der Waals surface area contributed by atoms with E-state index < -0.39 is 23.5 Å². The lowest BCUT2D eigenvalue weighted by molar-refractivity contribution is 0.0589. The van der Waals surface area contributed by atoms with Gasteiger partial charge >= 0.3 is 5.97 Å². The molecule has 0 aromatic heterocycles. The topological polar surface area (TPSA) is 67.2 Å². The molecule has 0 atom stereocenters. The Labute approximate surface area is 95.4 Å². The average Bonchev–Trinajstić information content (AvgIpc) is 2.35. The van der Waals surface area contributed by atoms with Crippen LogP contribution in [-0.2, 0) is 4.74 Å². The smallest absolute Gasteiger partial charge is 0.338 e. The van der Waals surface area contributed by atoms with Crippen molar-refractivity contribution in [3.05, 3.63) is 34.4 Å². The molecule has 0 saturated carbocycles. The summed E-state index contributed by atoms with van der Waals surface area (Å²) >= 11 is 0. The molecule has 0 radical (unpaired) electrons. The summed E-state index contributed by atoms with van der Waals surface area (Å²) in [4.78, 5) is 21.9. The van der Waals surface area contributed by atoms with Crippen LogP contribution in [0.15, 0.2) is 12.1 Å². The fourth-order valence-electron chi connectivity index (χ4n) is 1.29. The van der Waals surface area contributed by atoms with E-state index in [1.165, 1.54) is 0 Å². The Morgan fingerprint density at radius 1 is 1.53 bits per heavy atom. The normalized spacial score (nSPS) is 9.82. The lowest BCUT2D eigenvalue weighted by Gasteiger charge is -2.08. The van der Waals surface area contributed by atoms with Crippen LogP contribution < -0.4 is 0 Å². The van der Waals surface area contributed by atoms with Crippen molar-refractivity contribution in [3.8, 4) is 6.07 Å². The van der Waals surface area contributed by atoms with E-state index >= 15 is 0 Å². The van der Waals surface area contributed by atoms with Crippen LogP contribution in [0.2, 0.25) is 0 Å². The number of hydrogen-bond acceptors (Lipinski definition) is 4. The van der Waals surface area contributed by atoms with E-state index in [0.29, 0.717) is 6.29 Å². The van der Waals surface area contributed by atoms with Gasteiger partial charge in [-0.1, -0.05) is 0 Å². The Morgan fingerprint density at radius 3 is 2.59 bits per heavy atom. The molecule has 0 spiro atoms. The second-order valence-electron chi connectivity index (χ2n) is 3.05. The summed E-state index contributed by atoms with van der Waals surface area (Å²) in [5.74, 6) is -0.979. The first-order chi connectivity index (χ1) is 8.04. The summed E-state index contributed by atoms with van der Waals surface area (Å²) < 4.78 is 29.7. The maximum absolute atomic E-state index is 12.7. The van der Waals surface area contributed by atoms with E-state index in [1.54, 1.807) is 6.07 Å². The molecule has 0 unspecified atom stereocenters. The van der Waals surface area contributed by atoms with Crippen molar-refractivity contribution in [1.82, 2.24) is 0 Å². The number of nitriles is 1. The summed E-state index contributed by atoms with van der Waals surface area (Å²) in [6, 6.07) is 3.36. The third kappa shape index (κ3) is 2.45. The summed E-state index contributed by atoms with van der Waals surface area (Å²) in [6.07, 6.45) is -2.61. The molecule has 0 heterocycles. The molecule has 0 fully saturated rings. The van der Waals surface area contributed by atoms with Crippen LogP contribution in [0.25, 0.3) is 0 Å². The standard InChI is InChI=1S/C11H7F2NO3/c1-17-11(16)9-3-7(5-15)6(4-14)2-8(9)10(12)13/h2-3,5,10H,1H3. The number of carbonyl (C=O) groups excluding carboxylic acids is 2. The molecule has 4 nitrogen and oxygen atoms in total. The second-order valence-corrected chi connectivity index (χ2v) is 3.05. The van der Waals surface area contributed by atoms with E-state index in [-0.39, 0.29) is 11.1 Å². The Kier molecular flexibility index (Phi) is 3.88. The Bertz CT molecular complexity index is 506. The molecule has 0 aliphatic heterocycles. The van der Waals surface area contributed by atoms with Gasteiger partial charge < -0.3 is 4.74 Å². The van der Waals surface area contributed by atoms with Crippen LogP contribution in [0.5, 0.6) is 0 Å². The predicted octanol–water partition coefficient (Wildman–Crippen LogP) is 2.09. The van der Waals surface area contributed by atoms with Crippen molar-refractivity contribution in [3.63, 3.8) is 0 Å². The van der Waals surface area contributed by atoms with Gasteiger partial charge in [0.25, 0.3) is 6.43 Å². The van der Waals surface area contributed by atoms with E-state index in [1.807, 2.05) is 0 Å². The van der Waals surface area contributed by atoms with Crippen molar-refractivity contribution < 1.29 is 23.1 Å². The summed E-state index contributed by atoms with van der Waals surface area (Å²) in [7, 11) is 1.04. The largest absolute Gasteiger partial charge is 0.465 e. The third-order valence-corrected chi connectivity index (χ3v) is 2.11. The molecule has 0 bridgehead atoms. The fourth-order valence-corrected chi connectivity index (χ4v) is 1.29. The van der Waals surface area contributed by atoms with Crippen LogP contribution in [0.1, 0.15) is 38.3 Å². The maximum Gasteiger partial charge on any atom is 0.338 e. The number of nitrogens with zero attached hydrogens (tertiary/aromatic N) is 1. The SMILES string of the molecule is COC(=O)c1cc(C=O)c(C#N)cc1C(F)F. The number of esters is 1. The molecule has 0 aliphatic rings. The highest BCUT2D eigenvalue weighted by Gasteiger charge is 2.21. The molecule has 1 aromatic rings. The first-order valence-corrected chi connectivity index (χ1v) is 4.44. The van der Waals surface area contributed by atoms with Crippen LogP contribution in [0, 0.1) is 11.3 Å². The predicted molar refractivity (Wildman–Crippen MR) is 52.8 cm³/mol. The minimum Gasteiger partial charge on any atom is -0.465 e. The molecule has 0 saturated heterocycles. The van der Waals surface area contributed by atoms with Crippen molar-refractivity contribution in [1.29, 1.82) is 5.26 Å². The second kappa shape index (κ2) is 5.16. The highest BCUT2D eigenvalue weighted by Crippen LogP contribution is 2.26. The van der Waals surface area contributed by atoms with Gasteiger partial charge in [-0.25, -0.2) is 13.6 Å². The zero-order valence-electron chi connectivity index (χ0n) is 8.74. The van der Waals surface area contributed by atoms with Crippen LogP contribution in [-0.4, -0.2) is 19.4 Å². The van der Waals surface area contributed by atoms with E-state index in [4.69, 9.17) is 5.26 Å². The van der Waals surface area contributed by atoms with Gasteiger partial charge in [0.2, 0.25) is 0 Å². The number of methoxy groups -OCH3 is 1. The Hall–Kier alpha value is -2.29. The van der Waals surface area contributed by atoms with Gasteiger partial charge in [-0.05, 0) is 12.1 Å². The molecule has 1 aromatic carbocycles. The van der Waals surface area contributed by atoms with Gasteiger partial charge in [-0.3, -0.25) is 4.79 Å². The highest BCUT2D eigenvalue weighted by atomic mass is 19.3. The van der Waals surface area contributed by atoms with Crippen LogP contribution >= 0.6 is 0 Å². The zero-order valence-corrected chi connectivity index (χ0v) is 8.74. The minimum atomic E-state index is -2.93. The zero-order chi connectivity index (χ0) is 13.0. The summed E-state index contributed by atoms with van der Waals surface area (Å²) in [5.41, 5.74) is -1.37. The molecule has 0 amide bonds. The van der Waals surface area contributed by atoms with Crippen LogP contribution in [0.3, 0.4) is 0 Å². The molecule has 0 aliphatic carbocycles. The monoisotopic (exact) mass is 239 g/mol. The Balaban J connectivity index is 3.52. The van der Waals surface area contributed by atoms with Gasteiger partial charge in [0.05, 0.1) is 24.3 Å². The van der Waals surface area contributed by atoms with E-state index in [2.05, 4.69) is 4.74 Å². The number of aldehydes is 1. The maximum atomic E-state index is 12.7. The fraction of sp³-hybridized carbons (Fsp3) is 0.182. The lowest BCUT2D eigenvalue weighted by Crippen LogP contribution is -2.08. The summed E-state index contributed by atoms with van der Waals surface area (Å²) in [5, 5.41) is 8.67. The van der Waals surface area contributed by atoms with Gasteiger partial charge in [-0.2, -0.15) is 5.26 Å². The lowest BCUT2D eigenvalue weighted by atomic mass is 9.99. The van der Waals surface area contributed by atoms with Crippen molar-refractivity contribution in [2.75, 3.05) is 7.11 Å². The molecule has 1 rings (SSSR count). The van der Waals surface area contributed by atoms with Crippen molar-refractivity contribution in [2.24, 2.45) is 0 Å². The van der Waals surface area contributed by atoms with E-state index in [0.717, 1.165) is 19.2 Å². The average molecular weight is 239 g/mol. The van der Waals surface area contributed by atoms with Gasteiger partial charge in [-0.15, -0.1) is 0 Å². The number of ether oxygens (including phenoxy) is 1. The molecular formula is C11H7F2NO3. The summed E-state index contributed by atoms with van der Waals surface area (Å²) in [6.45, 7) is 0. The quantitative estimate of drug-likeness (QED) is 0.598. The van der Waals surface area contributed by atoms with Gasteiger partial charge in [0.1, 0.15) is 0 Å². The van der Waals surface area contributed by atoms with E-state index in [9.17, 15) is 18.4 Å². The third-order valence-electron chi connectivity index (χ3n) is 2.11. The minimum absolute atomic E-state index is 0.127. The first kappa shape index (κ1) is 12.8. The number of hydrogen-bond donors (Lipinski definition) is 0. The number of carbonyl (C=O) groups is 2. The Morgan fingerprint density at radius 2 is 2.18 bits per heavy atom. The van der Waals surface area contributed by atoms with Gasteiger partial charge in [0.15, 0.2) is 6.29 Å². The number of rotatable bonds is 3. The van der Waals surface area contributed by atoms with Gasteiger partial charge in [0, 0.05) is 11.1 Å². The number of alkyl halides is 2. The van der Waals surface area contributed by atoms with Crippen molar-refractivity contribution in [2.45, 2.75) is 6.43 Å². The molecular weight excluding hydrogens is 232 g/mol. The van der Waals surface area contributed by atoms with Crippen molar-refractivity contribution >= 4 is 12.3 Å². The molecule has 88 valence electrons. The first-order valence-electron chi connectivity index (χ1n) is 4.44. The number of halogens is 2. The molecule has 0 N–H and O–H groups in total. The number of benzene rings is 1. The highest BCUT2D eigenvalue weighted by molar-refractivity contribution is 5.94. The molecule has 17 heavy (non-hydrogen) atoms.